The van der Waals surface area contributed by atoms with Gasteiger partial charge in [0, 0.05) is 12.4 Å². The Balaban J connectivity index is 2.15. The molecule has 1 heterocycles. The van der Waals surface area contributed by atoms with Crippen LogP contribution in [0.2, 0.25) is 0 Å². The van der Waals surface area contributed by atoms with Gasteiger partial charge in [-0.3, -0.25) is 0 Å². The van der Waals surface area contributed by atoms with Crippen LogP contribution >= 0.6 is 0 Å². The second-order valence-electron chi connectivity index (χ2n) is 2.04. The van der Waals surface area contributed by atoms with E-state index < -0.39 is 0 Å². The Hall–Kier alpha value is -0.960. The maximum atomic E-state index is 5.28. The van der Waals surface area contributed by atoms with Gasteiger partial charge in [-0.15, -0.1) is 0 Å². The molecule has 56 valence electrons. The standard InChI is InChI=1S/C7H12N2O/c8-3-1-5-10-7-2-4-9-6-7/h2,4,6,9H,1,3,5,8H2. The summed E-state index contributed by atoms with van der Waals surface area (Å²) in [6.45, 7) is 1.39. The Morgan fingerprint density at radius 1 is 1.60 bits per heavy atom. The first-order valence-corrected chi connectivity index (χ1v) is 3.39. The lowest BCUT2D eigenvalue weighted by Gasteiger charge is -1.99. The SMILES string of the molecule is NCCCOc1cc[nH]c1. The van der Waals surface area contributed by atoms with Crippen molar-refractivity contribution >= 4 is 0 Å². The van der Waals surface area contributed by atoms with Gasteiger partial charge in [-0.25, -0.2) is 0 Å². The lowest BCUT2D eigenvalue weighted by Crippen LogP contribution is -2.05. The topological polar surface area (TPSA) is 51.0 Å². The second kappa shape index (κ2) is 3.95. The summed E-state index contributed by atoms with van der Waals surface area (Å²) in [7, 11) is 0. The van der Waals surface area contributed by atoms with Crippen molar-refractivity contribution in [2.24, 2.45) is 5.73 Å². The fourth-order valence-corrected chi connectivity index (χ4v) is 0.672. The molecule has 0 saturated heterocycles. The summed E-state index contributed by atoms with van der Waals surface area (Å²) in [6.07, 6.45) is 4.56. The number of nitrogens with two attached hydrogens (primary N) is 1. The van der Waals surface area contributed by atoms with Crippen LogP contribution < -0.4 is 10.5 Å². The van der Waals surface area contributed by atoms with E-state index in [9.17, 15) is 0 Å². The summed E-state index contributed by atoms with van der Waals surface area (Å²) < 4.78 is 5.28. The first-order chi connectivity index (χ1) is 4.93. The van der Waals surface area contributed by atoms with Gasteiger partial charge >= 0.3 is 0 Å². The van der Waals surface area contributed by atoms with Crippen LogP contribution in [-0.4, -0.2) is 18.1 Å². The minimum absolute atomic E-state index is 0.685. The number of hydrogen-bond donors (Lipinski definition) is 2. The van der Waals surface area contributed by atoms with E-state index in [1.54, 1.807) is 0 Å². The van der Waals surface area contributed by atoms with Gasteiger partial charge in [-0.05, 0) is 19.0 Å². The van der Waals surface area contributed by atoms with Crippen LogP contribution in [-0.2, 0) is 0 Å². The molecule has 10 heavy (non-hydrogen) atoms. The monoisotopic (exact) mass is 140 g/mol. The van der Waals surface area contributed by atoms with Crippen LogP contribution in [0.4, 0.5) is 0 Å². The first-order valence-electron chi connectivity index (χ1n) is 3.39. The summed E-state index contributed by atoms with van der Waals surface area (Å²) in [5, 5.41) is 0. The van der Waals surface area contributed by atoms with Crippen LogP contribution in [0, 0.1) is 0 Å². The number of H-pyrrole nitrogens is 1. The van der Waals surface area contributed by atoms with Crippen molar-refractivity contribution in [2.75, 3.05) is 13.2 Å². The Kier molecular flexibility index (Phi) is 2.83. The maximum Gasteiger partial charge on any atom is 0.136 e. The van der Waals surface area contributed by atoms with E-state index in [1.807, 2.05) is 18.5 Å². The van der Waals surface area contributed by atoms with Crippen LogP contribution in [0.5, 0.6) is 5.75 Å². The summed E-state index contributed by atoms with van der Waals surface area (Å²) in [5.74, 6) is 0.883. The molecule has 0 radical (unpaired) electrons. The number of ether oxygens (including phenoxy) is 1. The zero-order valence-corrected chi connectivity index (χ0v) is 5.84. The smallest absolute Gasteiger partial charge is 0.136 e. The molecular weight excluding hydrogens is 128 g/mol. The van der Waals surface area contributed by atoms with Gasteiger partial charge in [0.05, 0.1) is 6.61 Å². The summed E-state index contributed by atoms with van der Waals surface area (Å²) in [6, 6.07) is 1.89. The number of aromatic amines is 1. The van der Waals surface area contributed by atoms with Crippen LogP contribution in [0.15, 0.2) is 18.5 Å². The first kappa shape index (κ1) is 7.15. The molecule has 3 N–H and O–H groups in total. The Labute approximate surface area is 60.2 Å². The highest BCUT2D eigenvalue weighted by Crippen LogP contribution is 2.06. The molecule has 0 unspecified atom stereocenters. The van der Waals surface area contributed by atoms with E-state index in [2.05, 4.69) is 4.98 Å². The molecule has 1 aromatic heterocycles. The Bertz CT molecular complexity index is 160. The van der Waals surface area contributed by atoms with Gasteiger partial charge in [0.2, 0.25) is 0 Å². The lowest BCUT2D eigenvalue weighted by molar-refractivity contribution is 0.314. The third kappa shape index (κ3) is 2.11. The minimum Gasteiger partial charge on any atom is -0.492 e. The molecule has 3 heteroatoms. The summed E-state index contributed by atoms with van der Waals surface area (Å²) in [4.78, 5) is 2.90. The Morgan fingerprint density at radius 2 is 2.50 bits per heavy atom. The number of rotatable bonds is 4. The van der Waals surface area contributed by atoms with Crippen molar-refractivity contribution in [1.82, 2.24) is 4.98 Å². The van der Waals surface area contributed by atoms with Crippen molar-refractivity contribution in [1.29, 1.82) is 0 Å². The third-order valence-corrected chi connectivity index (χ3v) is 1.19. The van der Waals surface area contributed by atoms with E-state index in [1.165, 1.54) is 0 Å². The van der Waals surface area contributed by atoms with E-state index in [-0.39, 0.29) is 0 Å². The summed E-state index contributed by atoms with van der Waals surface area (Å²) >= 11 is 0. The predicted molar refractivity (Wildman–Crippen MR) is 40.0 cm³/mol. The van der Waals surface area contributed by atoms with Crippen molar-refractivity contribution in [2.45, 2.75) is 6.42 Å². The average molecular weight is 140 g/mol. The average Bonchev–Trinajstić information content (AvgIpc) is 2.41. The van der Waals surface area contributed by atoms with Gasteiger partial charge < -0.3 is 15.5 Å². The molecule has 0 aliphatic carbocycles. The quantitative estimate of drug-likeness (QED) is 0.606. The summed E-state index contributed by atoms with van der Waals surface area (Å²) in [5.41, 5.74) is 5.28. The molecule has 0 aliphatic heterocycles. The second-order valence-corrected chi connectivity index (χ2v) is 2.04. The van der Waals surface area contributed by atoms with Crippen LogP contribution in [0.3, 0.4) is 0 Å². The van der Waals surface area contributed by atoms with Crippen molar-refractivity contribution in [3.8, 4) is 5.75 Å². The van der Waals surface area contributed by atoms with Crippen molar-refractivity contribution in [3.63, 3.8) is 0 Å². The fraction of sp³-hybridized carbons (Fsp3) is 0.429. The predicted octanol–water partition coefficient (Wildman–Crippen LogP) is 0.742. The van der Waals surface area contributed by atoms with Gasteiger partial charge in [0.25, 0.3) is 0 Å². The highest BCUT2D eigenvalue weighted by atomic mass is 16.5. The van der Waals surface area contributed by atoms with Crippen molar-refractivity contribution in [3.05, 3.63) is 18.5 Å². The largest absolute Gasteiger partial charge is 0.492 e. The van der Waals surface area contributed by atoms with E-state index in [0.717, 1.165) is 12.2 Å². The molecule has 1 rings (SSSR count). The zero-order chi connectivity index (χ0) is 7.23. The van der Waals surface area contributed by atoms with E-state index in [4.69, 9.17) is 10.5 Å². The zero-order valence-electron chi connectivity index (χ0n) is 5.84. The Morgan fingerprint density at radius 3 is 3.10 bits per heavy atom. The van der Waals surface area contributed by atoms with Gasteiger partial charge in [0.15, 0.2) is 0 Å². The van der Waals surface area contributed by atoms with E-state index >= 15 is 0 Å². The number of nitrogens with one attached hydrogen (secondary N) is 1. The molecule has 0 amide bonds. The van der Waals surface area contributed by atoms with E-state index in [0.29, 0.717) is 13.2 Å². The molecule has 1 aromatic rings. The molecule has 0 bridgehead atoms. The minimum atomic E-state index is 0.685. The van der Waals surface area contributed by atoms with Crippen molar-refractivity contribution < 1.29 is 4.74 Å². The molecule has 0 fully saturated rings. The normalized spacial score (nSPS) is 9.70. The molecule has 0 spiro atoms. The molecule has 0 atom stereocenters. The van der Waals surface area contributed by atoms with Gasteiger partial charge in [-0.1, -0.05) is 0 Å². The molecule has 0 aliphatic rings. The number of hydrogen-bond acceptors (Lipinski definition) is 2. The highest BCUT2D eigenvalue weighted by Gasteiger charge is 1.89. The van der Waals surface area contributed by atoms with Crippen LogP contribution in [0.1, 0.15) is 6.42 Å². The maximum absolute atomic E-state index is 5.28. The third-order valence-electron chi connectivity index (χ3n) is 1.19. The molecule has 3 nitrogen and oxygen atoms in total. The molecule has 0 saturated carbocycles. The molecular formula is C7H12N2O. The molecule has 0 aromatic carbocycles. The lowest BCUT2D eigenvalue weighted by atomic mass is 10.5. The van der Waals surface area contributed by atoms with Gasteiger partial charge in [0.1, 0.15) is 5.75 Å². The fourth-order valence-electron chi connectivity index (χ4n) is 0.672. The highest BCUT2D eigenvalue weighted by molar-refractivity contribution is 5.15. The van der Waals surface area contributed by atoms with Crippen LogP contribution in [0.25, 0.3) is 0 Å². The van der Waals surface area contributed by atoms with Gasteiger partial charge in [-0.2, -0.15) is 0 Å². The number of aromatic nitrogens is 1.